The molecule has 2 aromatic rings. The fourth-order valence-corrected chi connectivity index (χ4v) is 2.97. The molecule has 94 valence electrons. The lowest BCUT2D eigenvalue weighted by Crippen LogP contribution is -2.16. The number of nitrogens with two attached hydrogens (primary N) is 1. The molecule has 0 saturated heterocycles. The average Bonchev–Trinajstić information content (AvgIpc) is 2.36. The van der Waals surface area contributed by atoms with Crippen LogP contribution in [0.1, 0.15) is 42.6 Å². The number of nitrogens with zero attached hydrogens (tertiary/aromatic N) is 1. The third-order valence-electron chi connectivity index (χ3n) is 3.74. The van der Waals surface area contributed by atoms with Crippen molar-refractivity contribution in [2.24, 2.45) is 5.73 Å². The Hall–Kier alpha value is -1.48. The number of aromatic nitrogens is 1. The molecule has 0 amide bonds. The minimum absolute atomic E-state index is 0.0795. The third-order valence-corrected chi connectivity index (χ3v) is 3.74. The van der Waals surface area contributed by atoms with Crippen LogP contribution in [0.15, 0.2) is 18.2 Å². The van der Waals surface area contributed by atoms with Crippen molar-refractivity contribution in [1.29, 1.82) is 0 Å². The molecule has 1 aliphatic carbocycles. The van der Waals surface area contributed by atoms with Crippen LogP contribution in [0.3, 0.4) is 0 Å². The van der Waals surface area contributed by atoms with Gasteiger partial charge in [-0.2, -0.15) is 0 Å². The van der Waals surface area contributed by atoms with Crippen molar-refractivity contribution in [3.05, 3.63) is 40.8 Å². The zero-order valence-corrected chi connectivity index (χ0v) is 10.5. The molecule has 3 rings (SSSR count). The highest BCUT2D eigenvalue weighted by Gasteiger charge is 2.21. The van der Waals surface area contributed by atoms with Crippen molar-refractivity contribution in [2.75, 3.05) is 0 Å². The van der Waals surface area contributed by atoms with Crippen molar-refractivity contribution in [3.63, 3.8) is 0 Å². The van der Waals surface area contributed by atoms with E-state index in [1.54, 1.807) is 6.07 Å². The first kappa shape index (κ1) is 11.6. The average molecular weight is 244 g/mol. The van der Waals surface area contributed by atoms with Crippen LogP contribution in [0, 0.1) is 5.82 Å². The first-order valence-corrected chi connectivity index (χ1v) is 6.54. The smallest absolute Gasteiger partial charge is 0.149 e. The second-order valence-corrected chi connectivity index (χ2v) is 5.08. The van der Waals surface area contributed by atoms with E-state index in [-0.39, 0.29) is 11.9 Å². The summed E-state index contributed by atoms with van der Waals surface area (Å²) >= 11 is 0. The van der Waals surface area contributed by atoms with Crippen LogP contribution in [0.2, 0.25) is 0 Å². The fourth-order valence-electron chi connectivity index (χ4n) is 2.97. The molecule has 0 aliphatic heterocycles. The van der Waals surface area contributed by atoms with Crippen molar-refractivity contribution < 1.29 is 4.39 Å². The number of halogens is 1. The summed E-state index contributed by atoms with van der Waals surface area (Å²) in [6.07, 6.45) is 4.28. The highest BCUT2D eigenvalue weighted by atomic mass is 19.1. The first-order valence-electron chi connectivity index (χ1n) is 6.54. The number of fused-ring (bicyclic) bond motifs is 2. The molecule has 2 nitrogen and oxygen atoms in total. The Morgan fingerprint density at radius 2 is 2.06 bits per heavy atom. The van der Waals surface area contributed by atoms with E-state index >= 15 is 0 Å². The van der Waals surface area contributed by atoms with E-state index in [1.165, 1.54) is 18.1 Å². The van der Waals surface area contributed by atoms with Crippen LogP contribution < -0.4 is 5.73 Å². The minimum atomic E-state index is -0.247. The molecule has 0 fully saturated rings. The van der Waals surface area contributed by atoms with Gasteiger partial charge in [-0.1, -0.05) is 12.1 Å². The van der Waals surface area contributed by atoms with Crippen LogP contribution in [0.25, 0.3) is 10.9 Å². The Kier molecular flexibility index (Phi) is 2.78. The van der Waals surface area contributed by atoms with Gasteiger partial charge in [0, 0.05) is 17.1 Å². The second-order valence-electron chi connectivity index (χ2n) is 5.08. The molecule has 1 aromatic heterocycles. The summed E-state index contributed by atoms with van der Waals surface area (Å²) in [5.41, 5.74) is 9.98. The van der Waals surface area contributed by atoms with E-state index in [0.29, 0.717) is 5.52 Å². The molecule has 0 bridgehead atoms. The molecule has 1 atom stereocenters. The normalized spacial score (nSPS) is 16.6. The summed E-state index contributed by atoms with van der Waals surface area (Å²) in [6, 6.07) is 5.05. The lowest BCUT2D eigenvalue weighted by Gasteiger charge is -2.22. The van der Waals surface area contributed by atoms with Crippen molar-refractivity contribution in [1.82, 2.24) is 4.98 Å². The van der Waals surface area contributed by atoms with Crippen LogP contribution in [-0.4, -0.2) is 4.98 Å². The van der Waals surface area contributed by atoms with Gasteiger partial charge in [0.05, 0.1) is 0 Å². The Balaban J connectivity index is 2.40. The quantitative estimate of drug-likeness (QED) is 0.836. The number of pyridine rings is 1. The predicted octanol–water partition coefficient (Wildman–Crippen LogP) is 3.27. The van der Waals surface area contributed by atoms with Crippen LogP contribution in [0.4, 0.5) is 4.39 Å². The molecule has 2 N–H and O–H groups in total. The SMILES string of the molecule is CC(N)c1c2c(nc3c(F)cccc13)CCCC2. The van der Waals surface area contributed by atoms with Gasteiger partial charge in [0.2, 0.25) is 0 Å². The zero-order chi connectivity index (χ0) is 12.7. The van der Waals surface area contributed by atoms with Crippen molar-refractivity contribution >= 4 is 10.9 Å². The topological polar surface area (TPSA) is 38.9 Å². The van der Waals surface area contributed by atoms with Gasteiger partial charge in [-0.25, -0.2) is 9.37 Å². The minimum Gasteiger partial charge on any atom is -0.324 e. The summed E-state index contributed by atoms with van der Waals surface area (Å²) in [4.78, 5) is 4.53. The van der Waals surface area contributed by atoms with E-state index in [1.807, 2.05) is 13.0 Å². The molecular weight excluding hydrogens is 227 g/mol. The monoisotopic (exact) mass is 244 g/mol. The van der Waals surface area contributed by atoms with Gasteiger partial charge in [0.15, 0.2) is 0 Å². The lowest BCUT2D eigenvalue weighted by molar-refractivity contribution is 0.628. The molecule has 1 heterocycles. The second kappa shape index (κ2) is 4.32. The molecule has 0 radical (unpaired) electrons. The number of hydrogen-bond acceptors (Lipinski definition) is 2. The third kappa shape index (κ3) is 1.70. The zero-order valence-electron chi connectivity index (χ0n) is 10.5. The molecule has 0 saturated carbocycles. The Bertz CT molecular complexity index is 605. The molecule has 1 unspecified atom stereocenters. The Morgan fingerprint density at radius 3 is 2.83 bits per heavy atom. The summed E-state index contributed by atoms with van der Waals surface area (Å²) in [7, 11) is 0. The standard InChI is InChI=1S/C15H17FN2/c1-9(17)14-10-5-2-3-8-13(10)18-15-11(14)6-4-7-12(15)16/h4,6-7,9H,2-3,5,8,17H2,1H3. The molecule has 1 aliphatic rings. The van der Waals surface area contributed by atoms with E-state index in [2.05, 4.69) is 4.98 Å². The predicted molar refractivity (Wildman–Crippen MR) is 70.9 cm³/mol. The van der Waals surface area contributed by atoms with Crippen LogP contribution in [0.5, 0.6) is 0 Å². The number of para-hydroxylation sites is 1. The Labute approximate surface area is 106 Å². The van der Waals surface area contributed by atoms with Gasteiger partial charge in [-0.3, -0.25) is 0 Å². The highest BCUT2D eigenvalue weighted by molar-refractivity contribution is 5.84. The van der Waals surface area contributed by atoms with E-state index < -0.39 is 0 Å². The van der Waals surface area contributed by atoms with Crippen molar-refractivity contribution in [3.8, 4) is 0 Å². The molecule has 3 heteroatoms. The lowest BCUT2D eigenvalue weighted by atomic mass is 9.87. The number of hydrogen-bond donors (Lipinski definition) is 1. The van der Waals surface area contributed by atoms with Gasteiger partial charge in [0.1, 0.15) is 11.3 Å². The van der Waals surface area contributed by atoms with Gasteiger partial charge >= 0.3 is 0 Å². The maximum atomic E-state index is 13.9. The fraction of sp³-hybridized carbons (Fsp3) is 0.400. The first-order chi connectivity index (χ1) is 8.68. The Morgan fingerprint density at radius 1 is 1.28 bits per heavy atom. The van der Waals surface area contributed by atoms with Crippen LogP contribution >= 0.6 is 0 Å². The maximum absolute atomic E-state index is 13.9. The number of aryl methyl sites for hydroxylation is 1. The van der Waals surface area contributed by atoms with Crippen molar-refractivity contribution in [2.45, 2.75) is 38.6 Å². The summed E-state index contributed by atoms with van der Waals surface area (Å²) < 4.78 is 13.9. The molecule has 18 heavy (non-hydrogen) atoms. The van der Waals surface area contributed by atoms with E-state index in [9.17, 15) is 4.39 Å². The summed E-state index contributed by atoms with van der Waals surface area (Å²) in [5, 5.41) is 0.880. The van der Waals surface area contributed by atoms with E-state index in [4.69, 9.17) is 5.73 Å². The number of benzene rings is 1. The van der Waals surface area contributed by atoms with Crippen LogP contribution in [-0.2, 0) is 12.8 Å². The summed E-state index contributed by atoms with van der Waals surface area (Å²) in [6.45, 7) is 1.97. The largest absolute Gasteiger partial charge is 0.324 e. The van der Waals surface area contributed by atoms with Gasteiger partial charge < -0.3 is 5.73 Å². The van der Waals surface area contributed by atoms with Gasteiger partial charge in [-0.15, -0.1) is 0 Å². The number of rotatable bonds is 1. The molecular formula is C15H17FN2. The molecule has 1 aromatic carbocycles. The van der Waals surface area contributed by atoms with Gasteiger partial charge in [0.25, 0.3) is 0 Å². The molecule has 0 spiro atoms. The van der Waals surface area contributed by atoms with Gasteiger partial charge in [-0.05, 0) is 49.8 Å². The highest BCUT2D eigenvalue weighted by Crippen LogP contribution is 2.33. The maximum Gasteiger partial charge on any atom is 0.149 e. The van der Waals surface area contributed by atoms with E-state index in [0.717, 1.165) is 35.9 Å². The summed E-state index contributed by atoms with van der Waals surface area (Å²) in [5.74, 6) is -0.247.